The highest BCUT2D eigenvalue weighted by Gasteiger charge is 2.39. The summed E-state index contributed by atoms with van der Waals surface area (Å²) in [5.41, 5.74) is 3.94. The SMILES string of the molecule is CCOC(=O)c1ccc(NC(=O)c2ccc(NC3=C(Cl)C(=O)N(c4cccc(C)c4C)C3=O)cc2)cc1. The van der Waals surface area contributed by atoms with Crippen LogP contribution in [0.2, 0.25) is 0 Å². The summed E-state index contributed by atoms with van der Waals surface area (Å²) in [6.07, 6.45) is 0. The summed E-state index contributed by atoms with van der Waals surface area (Å²) in [5, 5.41) is 5.45. The average Bonchev–Trinajstić information content (AvgIpc) is 3.09. The third kappa shape index (κ3) is 5.24. The minimum Gasteiger partial charge on any atom is -0.462 e. The fourth-order valence-electron chi connectivity index (χ4n) is 3.76. The molecular weight excluding hydrogens is 494 g/mol. The lowest BCUT2D eigenvalue weighted by Gasteiger charge is -2.18. The minimum atomic E-state index is -0.604. The van der Waals surface area contributed by atoms with Gasteiger partial charge in [0.05, 0.1) is 17.9 Å². The van der Waals surface area contributed by atoms with Crippen molar-refractivity contribution in [3.05, 3.63) is 99.7 Å². The molecule has 0 atom stereocenters. The van der Waals surface area contributed by atoms with Gasteiger partial charge in [-0.25, -0.2) is 9.69 Å². The Kier molecular flexibility index (Phi) is 7.40. The van der Waals surface area contributed by atoms with Crippen molar-refractivity contribution in [2.75, 3.05) is 22.1 Å². The summed E-state index contributed by atoms with van der Waals surface area (Å²) in [7, 11) is 0. The number of rotatable bonds is 7. The first-order chi connectivity index (χ1) is 17.7. The van der Waals surface area contributed by atoms with Crippen LogP contribution in [0.25, 0.3) is 0 Å². The minimum absolute atomic E-state index is 0.0357. The lowest BCUT2D eigenvalue weighted by molar-refractivity contribution is -0.120. The number of amides is 3. The van der Waals surface area contributed by atoms with E-state index in [1.165, 1.54) is 0 Å². The van der Waals surface area contributed by atoms with Crippen molar-refractivity contribution in [3.63, 3.8) is 0 Å². The number of esters is 1. The summed E-state index contributed by atoms with van der Waals surface area (Å²) in [4.78, 5) is 51.3. The zero-order valence-electron chi connectivity index (χ0n) is 20.4. The van der Waals surface area contributed by atoms with Crippen molar-refractivity contribution < 1.29 is 23.9 Å². The number of anilines is 3. The molecule has 9 heteroatoms. The Labute approximate surface area is 218 Å². The number of nitrogens with zero attached hydrogens (tertiary/aromatic N) is 1. The molecule has 4 rings (SSSR count). The summed E-state index contributed by atoms with van der Waals surface area (Å²) in [6.45, 7) is 5.74. The van der Waals surface area contributed by atoms with Gasteiger partial charge in [0.1, 0.15) is 10.7 Å². The second kappa shape index (κ2) is 10.7. The lowest BCUT2D eigenvalue weighted by atomic mass is 10.1. The predicted molar refractivity (Wildman–Crippen MR) is 142 cm³/mol. The molecule has 37 heavy (non-hydrogen) atoms. The van der Waals surface area contributed by atoms with Crippen molar-refractivity contribution in [3.8, 4) is 0 Å². The van der Waals surface area contributed by atoms with Crippen molar-refractivity contribution in [2.45, 2.75) is 20.8 Å². The number of carbonyl (C=O) groups is 4. The number of imide groups is 1. The fraction of sp³-hybridized carbons (Fsp3) is 0.143. The van der Waals surface area contributed by atoms with Crippen molar-refractivity contribution in [1.29, 1.82) is 0 Å². The molecule has 0 bridgehead atoms. The number of aryl methyl sites for hydroxylation is 1. The van der Waals surface area contributed by atoms with E-state index in [0.29, 0.717) is 28.2 Å². The molecule has 0 spiro atoms. The van der Waals surface area contributed by atoms with Crippen LogP contribution in [0.5, 0.6) is 0 Å². The number of hydrogen-bond acceptors (Lipinski definition) is 6. The summed E-state index contributed by atoms with van der Waals surface area (Å²) in [5.74, 6) is -1.95. The Balaban J connectivity index is 1.44. The second-order valence-electron chi connectivity index (χ2n) is 8.31. The van der Waals surface area contributed by atoms with Crippen LogP contribution in [0.4, 0.5) is 17.1 Å². The van der Waals surface area contributed by atoms with Crippen molar-refractivity contribution in [2.24, 2.45) is 0 Å². The predicted octanol–water partition coefficient (Wildman–Crippen LogP) is 5.17. The molecule has 188 valence electrons. The van der Waals surface area contributed by atoms with Crippen LogP contribution >= 0.6 is 11.6 Å². The number of halogens is 1. The molecule has 1 aliphatic heterocycles. The van der Waals surface area contributed by atoms with Crippen LogP contribution in [0.15, 0.2) is 77.5 Å². The highest BCUT2D eigenvalue weighted by Crippen LogP contribution is 2.33. The van der Waals surface area contributed by atoms with Crippen LogP contribution < -0.4 is 15.5 Å². The quantitative estimate of drug-likeness (QED) is 0.331. The summed E-state index contributed by atoms with van der Waals surface area (Å²) < 4.78 is 4.95. The summed E-state index contributed by atoms with van der Waals surface area (Å²) >= 11 is 6.24. The molecule has 0 aliphatic carbocycles. The Morgan fingerprint density at radius 2 is 1.49 bits per heavy atom. The van der Waals surface area contributed by atoms with Gasteiger partial charge in [-0.05, 0) is 86.5 Å². The Bertz CT molecular complexity index is 1430. The van der Waals surface area contributed by atoms with Gasteiger partial charge in [0.25, 0.3) is 17.7 Å². The van der Waals surface area contributed by atoms with E-state index >= 15 is 0 Å². The van der Waals surface area contributed by atoms with E-state index in [9.17, 15) is 19.2 Å². The normalized spacial score (nSPS) is 13.1. The Morgan fingerprint density at radius 3 is 2.14 bits per heavy atom. The number of carbonyl (C=O) groups excluding carboxylic acids is 4. The van der Waals surface area contributed by atoms with E-state index in [-0.39, 0.29) is 23.2 Å². The summed E-state index contributed by atoms with van der Waals surface area (Å²) in [6, 6.07) is 18.1. The van der Waals surface area contributed by atoms with Gasteiger partial charge in [-0.1, -0.05) is 23.7 Å². The molecule has 3 aromatic carbocycles. The zero-order chi connectivity index (χ0) is 26.7. The first-order valence-electron chi connectivity index (χ1n) is 11.5. The van der Waals surface area contributed by atoms with Crippen molar-refractivity contribution >= 4 is 52.4 Å². The van der Waals surface area contributed by atoms with E-state index in [4.69, 9.17) is 16.3 Å². The molecule has 0 saturated carbocycles. The maximum absolute atomic E-state index is 13.1. The molecule has 0 saturated heterocycles. The molecule has 3 amide bonds. The molecule has 1 heterocycles. The highest BCUT2D eigenvalue weighted by molar-refractivity contribution is 6.53. The van der Waals surface area contributed by atoms with Gasteiger partial charge in [0, 0.05) is 16.9 Å². The van der Waals surface area contributed by atoms with Gasteiger partial charge in [-0.15, -0.1) is 0 Å². The molecule has 0 radical (unpaired) electrons. The molecule has 0 fully saturated rings. The third-order valence-corrected chi connectivity index (χ3v) is 6.27. The maximum atomic E-state index is 13.1. The second-order valence-corrected chi connectivity index (χ2v) is 8.69. The lowest BCUT2D eigenvalue weighted by Crippen LogP contribution is -2.33. The number of hydrogen-bond donors (Lipinski definition) is 2. The van der Waals surface area contributed by atoms with Crippen LogP contribution in [0.1, 0.15) is 38.8 Å². The first kappa shape index (κ1) is 25.7. The zero-order valence-corrected chi connectivity index (χ0v) is 21.2. The van der Waals surface area contributed by atoms with Crippen LogP contribution in [-0.2, 0) is 14.3 Å². The maximum Gasteiger partial charge on any atom is 0.338 e. The molecular formula is C28H24ClN3O5. The van der Waals surface area contributed by atoms with Gasteiger partial charge < -0.3 is 15.4 Å². The smallest absolute Gasteiger partial charge is 0.338 e. The average molecular weight is 518 g/mol. The van der Waals surface area contributed by atoms with Gasteiger partial charge in [-0.3, -0.25) is 14.4 Å². The van der Waals surface area contributed by atoms with Gasteiger partial charge in [0.15, 0.2) is 0 Å². The van der Waals surface area contributed by atoms with Crippen LogP contribution in [-0.4, -0.2) is 30.3 Å². The number of ether oxygens (including phenoxy) is 1. The first-order valence-corrected chi connectivity index (χ1v) is 11.9. The van der Waals surface area contributed by atoms with E-state index in [1.807, 2.05) is 19.9 Å². The Hall–Kier alpha value is -4.43. The molecule has 0 unspecified atom stereocenters. The molecule has 3 aromatic rings. The van der Waals surface area contributed by atoms with Crippen LogP contribution in [0, 0.1) is 13.8 Å². The Morgan fingerprint density at radius 1 is 0.865 bits per heavy atom. The molecule has 0 aromatic heterocycles. The number of nitrogens with one attached hydrogen (secondary N) is 2. The van der Waals surface area contributed by atoms with Gasteiger partial charge in [0.2, 0.25) is 0 Å². The van der Waals surface area contributed by atoms with Gasteiger partial charge in [-0.2, -0.15) is 0 Å². The third-order valence-electron chi connectivity index (χ3n) is 5.91. The molecule has 2 N–H and O–H groups in total. The van der Waals surface area contributed by atoms with Crippen LogP contribution in [0.3, 0.4) is 0 Å². The van der Waals surface area contributed by atoms with Crippen molar-refractivity contribution in [1.82, 2.24) is 0 Å². The standard InChI is InChI=1S/C28H24ClN3O5/c1-4-37-28(36)19-10-14-21(15-11-19)31-25(33)18-8-12-20(13-9-18)30-24-23(29)26(34)32(27(24)35)22-7-5-6-16(2)17(22)3/h5-15,30H,4H2,1-3H3,(H,31,33). The fourth-order valence-corrected chi connectivity index (χ4v) is 3.98. The van der Waals surface area contributed by atoms with Gasteiger partial charge >= 0.3 is 5.97 Å². The topological polar surface area (TPSA) is 105 Å². The highest BCUT2D eigenvalue weighted by atomic mass is 35.5. The number of benzene rings is 3. The monoisotopic (exact) mass is 517 g/mol. The van der Waals surface area contributed by atoms with E-state index < -0.39 is 17.8 Å². The van der Waals surface area contributed by atoms with E-state index in [0.717, 1.165) is 16.0 Å². The molecule has 1 aliphatic rings. The molecule has 8 nitrogen and oxygen atoms in total. The van der Waals surface area contributed by atoms with E-state index in [1.54, 1.807) is 67.6 Å². The van der Waals surface area contributed by atoms with E-state index in [2.05, 4.69) is 10.6 Å². The largest absolute Gasteiger partial charge is 0.462 e.